The first-order valence-corrected chi connectivity index (χ1v) is 7.41. The summed E-state index contributed by atoms with van der Waals surface area (Å²) < 4.78 is 0. The van der Waals surface area contributed by atoms with E-state index in [4.69, 9.17) is 10.8 Å². The molecule has 0 aliphatic heterocycles. The van der Waals surface area contributed by atoms with Gasteiger partial charge in [-0.15, -0.1) is 0 Å². The molecule has 4 N–H and O–H groups in total. The Bertz CT molecular complexity index is 355. The molecule has 5 nitrogen and oxygen atoms in total. The topological polar surface area (TPSA) is 92.4 Å². The second-order valence-electron chi connectivity index (χ2n) is 7.22. The van der Waals surface area contributed by atoms with Gasteiger partial charge < -0.3 is 16.2 Å². The van der Waals surface area contributed by atoms with Gasteiger partial charge in [-0.05, 0) is 24.7 Å². The van der Waals surface area contributed by atoms with Gasteiger partial charge >= 0.3 is 5.97 Å². The highest BCUT2D eigenvalue weighted by Gasteiger charge is 2.40. The lowest BCUT2D eigenvalue weighted by atomic mass is 9.83. The second kappa shape index (κ2) is 6.57. The van der Waals surface area contributed by atoms with Crippen LogP contribution in [0.5, 0.6) is 0 Å². The van der Waals surface area contributed by atoms with Crippen LogP contribution in [0.2, 0.25) is 0 Å². The molecule has 0 radical (unpaired) electrons. The Morgan fingerprint density at radius 1 is 1.30 bits per heavy atom. The number of nitrogens with two attached hydrogens (primary N) is 1. The molecule has 0 aromatic carbocycles. The number of carbonyl (C=O) groups excluding carboxylic acids is 1. The highest BCUT2D eigenvalue weighted by molar-refractivity contribution is 5.84. The van der Waals surface area contributed by atoms with Crippen molar-refractivity contribution in [3.05, 3.63) is 0 Å². The van der Waals surface area contributed by atoms with Crippen LogP contribution in [0.15, 0.2) is 0 Å². The van der Waals surface area contributed by atoms with Crippen molar-refractivity contribution in [1.29, 1.82) is 0 Å². The minimum Gasteiger partial charge on any atom is -0.481 e. The van der Waals surface area contributed by atoms with Gasteiger partial charge in [0.2, 0.25) is 5.91 Å². The van der Waals surface area contributed by atoms with Crippen molar-refractivity contribution in [3.63, 3.8) is 0 Å². The molecular formula is C15H28N2O3. The zero-order valence-electron chi connectivity index (χ0n) is 12.9. The summed E-state index contributed by atoms with van der Waals surface area (Å²) in [6, 6.07) is -0.330. The van der Waals surface area contributed by atoms with E-state index in [1.807, 2.05) is 20.8 Å². The molecule has 1 aliphatic rings. The zero-order chi connectivity index (χ0) is 15.4. The van der Waals surface area contributed by atoms with E-state index < -0.39 is 11.4 Å². The Balaban J connectivity index is 2.72. The molecule has 1 saturated carbocycles. The molecule has 1 amide bonds. The monoisotopic (exact) mass is 284 g/mol. The van der Waals surface area contributed by atoms with Crippen molar-refractivity contribution < 1.29 is 14.7 Å². The van der Waals surface area contributed by atoms with Crippen LogP contribution in [0, 0.1) is 10.8 Å². The number of hydrogen-bond donors (Lipinski definition) is 3. The fourth-order valence-electron chi connectivity index (χ4n) is 3.04. The van der Waals surface area contributed by atoms with Gasteiger partial charge in [-0.2, -0.15) is 0 Å². The predicted molar refractivity (Wildman–Crippen MR) is 78.2 cm³/mol. The first kappa shape index (κ1) is 17.0. The predicted octanol–water partition coefficient (Wildman–Crippen LogP) is 1.90. The molecule has 116 valence electrons. The number of carboxylic acids is 1. The smallest absolute Gasteiger partial charge is 0.305 e. The van der Waals surface area contributed by atoms with Gasteiger partial charge in [0, 0.05) is 12.6 Å². The Kier molecular flexibility index (Phi) is 5.57. The molecule has 1 aliphatic carbocycles. The molecule has 0 heterocycles. The molecule has 0 bridgehead atoms. The van der Waals surface area contributed by atoms with E-state index in [-0.39, 0.29) is 23.8 Å². The first-order chi connectivity index (χ1) is 9.18. The van der Waals surface area contributed by atoms with Crippen LogP contribution in [0.3, 0.4) is 0 Å². The quantitative estimate of drug-likeness (QED) is 0.694. The van der Waals surface area contributed by atoms with Gasteiger partial charge in [-0.1, -0.05) is 33.6 Å². The molecule has 0 saturated heterocycles. The fourth-order valence-corrected chi connectivity index (χ4v) is 3.04. The molecule has 1 unspecified atom stereocenters. The van der Waals surface area contributed by atoms with Crippen molar-refractivity contribution >= 4 is 11.9 Å². The molecule has 20 heavy (non-hydrogen) atoms. The van der Waals surface area contributed by atoms with Crippen molar-refractivity contribution in [3.8, 4) is 0 Å². The summed E-state index contributed by atoms with van der Waals surface area (Å²) in [7, 11) is 0. The first-order valence-electron chi connectivity index (χ1n) is 7.41. The van der Waals surface area contributed by atoms with E-state index in [1.165, 1.54) is 0 Å². The Morgan fingerprint density at radius 3 is 2.25 bits per heavy atom. The maximum absolute atomic E-state index is 12.5. The molecular weight excluding hydrogens is 256 g/mol. The molecule has 1 rings (SSSR count). The number of aliphatic carboxylic acids is 1. The molecule has 1 atom stereocenters. The molecule has 0 aromatic rings. The van der Waals surface area contributed by atoms with Gasteiger partial charge in [-0.25, -0.2) is 0 Å². The fraction of sp³-hybridized carbons (Fsp3) is 0.867. The number of nitrogens with one attached hydrogen (secondary N) is 1. The third-order valence-electron chi connectivity index (χ3n) is 4.05. The summed E-state index contributed by atoms with van der Waals surface area (Å²) in [4.78, 5) is 23.5. The summed E-state index contributed by atoms with van der Waals surface area (Å²) in [5, 5.41) is 11.9. The standard InChI is InChI=1S/C15H28N2O3/c1-14(2,3)9-11(8-12(18)19)17-13(20)15(10-16)6-4-5-7-15/h11H,4-10,16H2,1-3H3,(H,17,20)(H,18,19). The number of carboxylic acid groups (broad SMARTS) is 1. The summed E-state index contributed by atoms with van der Waals surface area (Å²) in [6.07, 6.45) is 4.27. The van der Waals surface area contributed by atoms with Gasteiger partial charge in [0.05, 0.1) is 11.8 Å². The number of rotatable bonds is 6. The molecule has 5 heteroatoms. The minimum absolute atomic E-state index is 0.0288. The maximum Gasteiger partial charge on any atom is 0.305 e. The van der Waals surface area contributed by atoms with Gasteiger partial charge in [0.15, 0.2) is 0 Å². The van der Waals surface area contributed by atoms with Crippen LogP contribution >= 0.6 is 0 Å². The van der Waals surface area contributed by atoms with E-state index in [0.29, 0.717) is 13.0 Å². The van der Waals surface area contributed by atoms with Crippen LogP contribution in [0.4, 0.5) is 0 Å². The highest BCUT2D eigenvalue weighted by Crippen LogP contribution is 2.37. The van der Waals surface area contributed by atoms with Crippen molar-refractivity contribution in [1.82, 2.24) is 5.32 Å². The molecule has 0 spiro atoms. The Morgan fingerprint density at radius 2 is 1.85 bits per heavy atom. The second-order valence-corrected chi connectivity index (χ2v) is 7.22. The van der Waals surface area contributed by atoms with Gasteiger partial charge in [0.1, 0.15) is 0 Å². The zero-order valence-corrected chi connectivity index (χ0v) is 12.9. The lowest BCUT2D eigenvalue weighted by Gasteiger charge is -2.31. The summed E-state index contributed by atoms with van der Waals surface area (Å²) in [5.74, 6) is -0.944. The maximum atomic E-state index is 12.5. The van der Waals surface area contributed by atoms with Crippen LogP contribution < -0.4 is 11.1 Å². The SMILES string of the molecule is CC(C)(C)CC(CC(=O)O)NC(=O)C1(CN)CCCC1. The third kappa shape index (κ3) is 4.78. The van der Waals surface area contributed by atoms with Crippen LogP contribution in [0.25, 0.3) is 0 Å². The number of carbonyl (C=O) groups is 2. The van der Waals surface area contributed by atoms with Crippen LogP contribution in [0.1, 0.15) is 59.3 Å². The average molecular weight is 284 g/mol. The number of hydrogen-bond acceptors (Lipinski definition) is 3. The van der Waals surface area contributed by atoms with Crippen molar-refractivity contribution in [2.45, 2.75) is 65.3 Å². The third-order valence-corrected chi connectivity index (χ3v) is 4.05. The normalized spacial score (nSPS) is 19.6. The average Bonchev–Trinajstić information content (AvgIpc) is 2.75. The van der Waals surface area contributed by atoms with Gasteiger partial charge in [-0.3, -0.25) is 9.59 Å². The summed E-state index contributed by atoms with van der Waals surface area (Å²) >= 11 is 0. The highest BCUT2D eigenvalue weighted by atomic mass is 16.4. The number of amides is 1. The van der Waals surface area contributed by atoms with Crippen molar-refractivity contribution in [2.75, 3.05) is 6.54 Å². The van der Waals surface area contributed by atoms with E-state index in [0.717, 1.165) is 25.7 Å². The van der Waals surface area contributed by atoms with Crippen LogP contribution in [-0.2, 0) is 9.59 Å². The van der Waals surface area contributed by atoms with Gasteiger partial charge in [0.25, 0.3) is 0 Å². The van der Waals surface area contributed by atoms with Crippen LogP contribution in [-0.4, -0.2) is 29.6 Å². The Labute approximate surface area is 121 Å². The lowest BCUT2D eigenvalue weighted by Crippen LogP contribution is -2.49. The van der Waals surface area contributed by atoms with E-state index >= 15 is 0 Å². The largest absolute Gasteiger partial charge is 0.481 e. The summed E-state index contributed by atoms with van der Waals surface area (Å²) in [6.45, 7) is 6.47. The Hall–Kier alpha value is -1.10. The van der Waals surface area contributed by atoms with E-state index in [9.17, 15) is 9.59 Å². The lowest BCUT2D eigenvalue weighted by molar-refractivity contribution is -0.138. The molecule has 1 fully saturated rings. The van der Waals surface area contributed by atoms with E-state index in [2.05, 4.69) is 5.32 Å². The molecule has 0 aromatic heterocycles. The van der Waals surface area contributed by atoms with E-state index in [1.54, 1.807) is 0 Å². The summed E-state index contributed by atoms with van der Waals surface area (Å²) in [5.41, 5.74) is 5.29. The minimum atomic E-state index is -0.882. The van der Waals surface area contributed by atoms with Crippen molar-refractivity contribution in [2.24, 2.45) is 16.6 Å².